The van der Waals surface area contributed by atoms with Gasteiger partial charge in [0.2, 0.25) is 0 Å². The first-order valence-electron chi connectivity index (χ1n) is 9.06. The fourth-order valence-corrected chi connectivity index (χ4v) is 2.75. The maximum absolute atomic E-state index is 12.5. The maximum Gasteiger partial charge on any atom is 0.265 e. The van der Waals surface area contributed by atoms with Gasteiger partial charge in [-0.15, -0.1) is 0 Å². The summed E-state index contributed by atoms with van der Waals surface area (Å²) in [6.07, 6.45) is 2.38. The molecule has 3 aromatic rings. The van der Waals surface area contributed by atoms with Gasteiger partial charge in [-0.3, -0.25) is 4.79 Å². The molecule has 0 bridgehead atoms. The molecule has 1 aromatic heterocycles. The average Bonchev–Trinajstić information content (AvgIpc) is 3.08. The van der Waals surface area contributed by atoms with E-state index in [2.05, 4.69) is 28.3 Å². The van der Waals surface area contributed by atoms with Crippen molar-refractivity contribution in [3.8, 4) is 11.8 Å². The number of amides is 1. The molecule has 6 heteroatoms. The summed E-state index contributed by atoms with van der Waals surface area (Å²) in [6, 6.07) is 14.5. The van der Waals surface area contributed by atoms with E-state index < -0.39 is 6.10 Å². The Morgan fingerprint density at radius 1 is 1.33 bits per heavy atom. The first-order chi connectivity index (χ1) is 13.1. The van der Waals surface area contributed by atoms with Gasteiger partial charge in [-0.25, -0.2) is 4.98 Å². The van der Waals surface area contributed by atoms with Crippen LogP contribution in [0.15, 0.2) is 42.5 Å². The molecule has 0 saturated carbocycles. The van der Waals surface area contributed by atoms with E-state index in [4.69, 9.17) is 10.00 Å². The van der Waals surface area contributed by atoms with E-state index in [0.717, 1.165) is 36.1 Å². The van der Waals surface area contributed by atoms with E-state index in [-0.39, 0.29) is 5.91 Å². The SMILES string of the molecule is CCCCc1nc2ccc(NC(=O)C(C)Oc3ccccc3C#N)cc2[nH]1. The monoisotopic (exact) mass is 362 g/mol. The number of anilines is 1. The number of imidazole rings is 1. The molecule has 0 spiro atoms. The Kier molecular flexibility index (Phi) is 5.72. The highest BCUT2D eigenvalue weighted by molar-refractivity contribution is 5.95. The average molecular weight is 362 g/mol. The predicted molar refractivity (Wildman–Crippen MR) is 105 cm³/mol. The van der Waals surface area contributed by atoms with Gasteiger partial charge in [0.1, 0.15) is 17.6 Å². The van der Waals surface area contributed by atoms with Gasteiger partial charge in [0.05, 0.1) is 16.6 Å². The lowest BCUT2D eigenvalue weighted by Gasteiger charge is -2.15. The number of aromatic amines is 1. The van der Waals surface area contributed by atoms with E-state index in [0.29, 0.717) is 17.0 Å². The summed E-state index contributed by atoms with van der Waals surface area (Å²) >= 11 is 0. The van der Waals surface area contributed by atoms with Crippen molar-refractivity contribution >= 4 is 22.6 Å². The van der Waals surface area contributed by atoms with Crippen LogP contribution in [0, 0.1) is 11.3 Å². The summed E-state index contributed by atoms with van der Waals surface area (Å²) in [4.78, 5) is 20.3. The number of unbranched alkanes of at least 4 members (excludes halogenated alkanes) is 1. The second kappa shape index (κ2) is 8.37. The Balaban J connectivity index is 1.68. The Labute approximate surface area is 158 Å². The van der Waals surface area contributed by atoms with Crippen molar-refractivity contribution in [1.29, 1.82) is 5.26 Å². The van der Waals surface area contributed by atoms with Crippen molar-refractivity contribution in [2.45, 2.75) is 39.2 Å². The molecule has 1 unspecified atom stereocenters. The number of H-pyrrole nitrogens is 1. The zero-order valence-electron chi connectivity index (χ0n) is 15.5. The van der Waals surface area contributed by atoms with Crippen molar-refractivity contribution < 1.29 is 9.53 Å². The van der Waals surface area contributed by atoms with Crippen LogP contribution in [0.3, 0.4) is 0 Å². The predicted octanol–water partition coefficient (Wildman–Crippen LogP) is 4.18. The summed E-state index contributed by atoms with van der Waals surface area (Å²) < 4.78 is 5.65. The van der Waals surface area contributed by atoms with Crippen LogP contribution in [-0.2, 0) is 11.2 Å². The number of rotatable bonds is 7. The van der Waals surface area contributed by atoms with Crippen molar-refractivity contribution in [2.75, 3.05) is 5.32 Å². The lowest BCUT2D eigenvalue weighted by molar-refractivity contribution is -0.122. The molecule has 138 valence electrons. The van der Waals surface area contributed by atoms with Crippen LogP contribution in [0.1, 0.15) is 38.1 Å². The first kappa shape index (κ1) is 18.5. The lowest BCUT2D eigenvalue weighted by atomic mass is 10.2. The third kappa shape index (κ3) is 4.45. The number of benzene rings is 2. The molecule has 27 heavy (non-hydrogen) atoms. The molecular formula is C21H22N4O2. The Hall–Kier alpha value is -3.33. The van der Waals surface area contributed by atoms with Crippen LogP contribution in [-0.4, -0.2) is 22.0 Å². The van der Waals surface area contributed by atoms with Crippen LogP contribution in [0.5, 0.6) is 5.75 Å². The fraction of sp³-hybridized carbons (Fsp3) is 0.286. The summed E-state index contributed by atoms with van der Waals surface area (Å²) in [5.74, 6) is 1.07. The quantitative estimate of drug-likeness (QED) is 0.659. The number of nitrogens with zero attached hydrogens (tertiary/aromatic N) is 2. The van der Waals surface area contributed by atoms with Crippen LogP contribution in [0.2, 0.25) is 0 Å². The van der Waals surface area contributed by atoms with E-state index in [1.165, 1.54) is 0 Å². The van der Waals surface area contributed by atoms with Gasteiger partial charge >= 0.3 is 0 Å². The number of aryl methyl sites for hydroxylation is 1. The highest BCUT2D eigenvalue weighted by Crippen LogP contribution is 2.20. The zero-order chi connectivity index (χ0) is 19.2. The minimum atomic E-state index is -0.739. The smallest absolute Gasteiger partial charge is 0.265 e. The normalized spacial score (nSPS) is 11.7. The van der Waals surface area contributed by atoms with E-state index in [1.807, 2.05) is 18.2 Å². The number of para-hydroxylation sites is 1. The molecule has 2 aromatic carbocycles. The Bertz CT molecular complexity index is 987. The van der Waals surface area contributed by atoms with Gasteiger partial charge in [0.15, 0.2) is 6.10 Å². The third-order valence-electron chi connectivity index (χ3n) is 4.25. The van der Waals surface area contributed by atoms with E-state index in [9.17, 15) is 4.79 Å². The van der Waals surface area contributed by atoms with Crippen LogP contribution in [0.4, 0.5) is 5.69 Å². The number of aromatic nitrogens is 2. The van der Waals surface area contributed by atoms with Gasteiger partial charge in [-0.05, 0) is 43.7 Å². The van der Waals surface area contributed by atoms with Gasteiger partial charge in [0, 0.05) is 12.1 Å². The number of nitriles is 1. The van der Waals surface area contributed by atoms with Gasteiger partial charge in [-0.1, -0.05) is 25.5 Å². The lowest BCUT2D eigenvalue weighted by Crippen LogP contribution is -2.30. The number of hydrogen-bond acceptors (Lipinski definition) is 4. The van der Waals surface area contributed by atoms with Crippen LogP contribution < -0.4 is 10.1 Å². The van der Waals surface area contributed by atoms with Crippen molar-refractivity contribution in [3.05, 3.63) is 53.9 Å². The number of ether oxygens (including phenoxy) is 1. The van der Waals surface area contributed by atoms with Gasteiger partial charge < -0.3 is 15.0 Å². The standard InChI is InChI=1S/C21H22N4O2/c1-3-4-9-20-24-17-11-10-16(12-18(17)25-20)23-21(26)14(2)27-19-8-6-5-7-15(19)13-22/h5-8,10-12,14H,3-4,9H2,1-2H3,(H,23,26)(H,24,25). The minimum Gasteiger partial charge on any atom is -0.480 e. The largest absolute Gasteiger partial charge is 0.480 e. The zero-order valence-corrected chi connectivity index (χ0v) is 15.5. The second-order valence-electron chi connectivity index (χ2n) is 6.38. The number of carbonyl (C=O) groups excluding carboxylic acids is 1. The van der Waals surface area contributed by atoms with E-state index >= 15 is 0 Å². The number of carbonyl (C=O) groups is 1. The molecule has 0 radical (unpaired) electrons. The summed E-state index contributed by atoms with van der Waals surface area (Å²) in [7, 11) is 0. The highest BCUT2D eigenvalue weighted by atomic mass is 16.5. The fourth-order valence-electron chi connectivity index (χ4n) is 2.75. The number of nitrogens with one attached hydrogen (secondary N) is 2. The molecule has 1 amide bonds. The van der Waals surface area contributed by atoms with Crippen molar-refractivity contribution in [3.63, 3.8) is 0 Å². The molecule has 2 N–H and O–H groups in total. The molecule has 0 saturated heterocycles. The molecule has 0 aliphatic rings. The van der Waals surface area contributed by atoms with Gasteiger partial charge in [0.25, 0.3) is 5.91 Å². The molecule has 1 atom stereocenters. The second-order valence-corrected chi connectivity index (χ2v) is 6.38. The number of hydrogen-bond donors (Lipinski definition) is 2. The van der Waals surface area contributed by atoms with Crippen molar-refractivity contribution in [1.82, 2.24) is 9.97 Å². The topological polar surface area (TPSA) is 90.8 Å². The van der Waals surface area contributed by atoms with Crippen LogP contribution >= 0.6 is 0 Å². The third-order valence-corrected chi connectivity index (χ3v) is 4.25. The van der Waals surface area contributed by atoms with Gasteiger partial charge in [-0.2, -0.15) is 5.26 Å². The van der Waals surface area contributed by atoms with Crippen molar-refractivity contribution in [2.24, 2.45) is 0 Å². The first-order valence-corrected chi connectivity index (χ1v) is 9.06. The molecule has 1 heterocycles. The number of fused-ring (bicyclic) bond motifs is 1. The summed E-state index contributed by atoms with van der Waals surface area (Å²) in [5.41, 5.74) is 2.84. The summed E-state index contributed by atoms with van der Waals surface area (Å²) in [6.45, 7) is 3.80. The minimum absolute atomic E-state index is 0.284. The van der Waals surface area contributed by atoms with Crippen LogP contribution in [0.25, 0.3) is 11.0 Å². The molecule has 0 aliphatic heterocycles. The molecule has 6 nitrogen and oxygen atoms in total. The Morgan fingerprint density at radius 2 is 2.15 bits per heavy atom. The van der Waals surface area contributed by atoms with E-state index in [1.54, 1.807) is 31.2 Å². The highest BCUT2D eigenvalue weighted by Gasteiger charge is 2.17. The molecule has 3 rings (SSSR count). The maximum atomic E-state index is 12.5. The molecular weight excluding hydrogens is 340 g/mol. The molecule has 0 aliphatic carbocycles. The Morgan fingerprint density at radius 3 is 2.93 bits per heavy atom. The molecule has 0 fully saturated rings. The summed E-state index contributed by atoms with van der Waals surface area (Å²) in [5, 5.41) is 12.0.